The number of nitrogens with zero attached hydrogens (tertiary/aromatic N) is 2. The summed E-state index contributed by atoms with van der Waals surface area (Å²) in [7, 11) is 0. The van der Waals surface area contributed by atoms with Crippen molar-refractivity contribution in [1.82, 2.24) is 15.5 Å². The average Bonchev–Trinajstić information content (AvgIpc) is 2.77. The number of aromatic nitrogens is 2. The van der Waals surface area contributed by atoms with E-state index in [4.69, 9.17) is 4.52 Å². The molecule has 2 heterocycles. The largest absolute Gasteiger partial charge is 0.351 e. The molecule has 0 bridgehead atoms. The fraction of sp³-hybridized carbons (Fsp3) is 0.250. The van der Waals surface area contributed by atoms with Gasteiger partial charge in [-0.15, -0.1) is 0 Å². The number of amides is 1. The summed E-state index contributed by atoms with van der Waals surface area (Å²) in [6.07, 6.45) is 2.43. The lowest BCUT2D eigenvalue weighted by Crippen LogP contribution is -2.25. The second kappa shape index (κ2) is 5.25. The molecule has 0 aliphatic carbocycles. The Bertz CT molecular complexity index is 493. The van der Waals surface area contributed by atoms with Gasteiger partial charge in [0.05, 0.1) is 5.69 Å². The van der Waals surface area contributed by atoms with Crippen LogP contribution in [0.25, 0.3) is 0 Å². The second-order valence-electron chi connectivity index (χ2n) is 3.66. The molecule has 0 aliphatic heterocycles. The van der Waals surface area contributed by atoms with Gasteiger partial charge in [-0.2, -0.15) is 0 Å². The molecule has 0 fully saturated rings. The Balaban J connectivity index is 1.81. The average molecular weight is 231 g/mol. The van der Waals surface area contributed by atoms with Crippen LogP contribution < -0.4 is 5.32 Å². The normalized spacial score (nSPS) is 10.2. The second-order valence-corrected chi connectivity index (χ2v) is 3.66. The molecule has 5 nitrogen and oxygen atoms in total. The van der Waals surface area contributed by atoms with E-state index < -0.39 is 0 Å². The van der Waals surface area contributed by atoms with E-state index in [2.05, 4.69) is 15.5 Å². The molecule has 88 valence electrons. The number of nitrogens with one attached hydrogen (secondary N) is 1. The van der Waals surface area contributed by atoms with Crippen LogP contribution in [0.3, 0.4) is 0 Å². The van der Waals surface area contributed by atoms with Gasteiger partial charge in [0.15, 0.2) is 0 Å². The lowest BCUT2D eigenvalue weighted by atomic mass is 10.2. The third-order valence-electron chi connectivity index (χ3n) is 2.24. The quantitative estimate of drug-likeness (QED) is 0.862. The van der Waals surface area contributed by atoms with Crippen LogP contribution in [0, 0.1) is 6.92 Å². The van der Waals surface area contributed by atoms with E-state index in [1.807, 2.05) is 18.2 Å². The van der Waals surface area contributed by atoms with Gasteiger partial charge < -0.3 is 9.84 Å². The SMILES string of the molecule is Cc1cc(C(=O)NCCc2ccccn2)on1. The first kappa shape index (κ1) is 11.3. The van der Waals surface area contributed by atoms with Crippen molar-refractivity contribution in [3.05, 3.63) is 47.6 Å². The van der Waals surface area contributed by atoms with Crippen molar-refractivity contribution in [3.8, 4) is 0 Å². The van der Waals surface area contributed by atoms with Crippen molar-refractivity contribution in [2.24, 2.45) is 0 Å². The zero-order valence-corrected chi connectivity index (χ0v) is 9.51. The molecule has 0 aromatic carbocycles. The van der Waals surface area contributed by atoms with Crippen LogP contribution in [-0.4, -0.2) is 22.6 Å². The van der Waals surface area contributed by atoms with Crippen LogP contribution >= 0.6 is 0 Å². The molecule has 0 saturated carbocycles. The highest BCUT2D eigenvalue weighted by Gasteiger charge is 2.10. The number of aryl methyl sites for hydroxylation is 1. The molecule has 2 aromatic heterocycles. The van der Waals surface area contributed by atoms with Gasteiger partial charge in [0.2, 0.25) is 5.76 Å². The van der Waals surface area contributed by atoms with E-state index in [9.17, 15) is 4.79 Å². The molecule has 5 heteroatoms. The molecule has 1 N–H and O–H groups in total. The summed E-state index contributed by atoms with van der Waals surface area (Å²) in [4.78, 5) is 15.7. The third kappa shape index (κ3) is 3.14. The number of hydrogen-bond acceptors (Lipinski definition) is 4. The summed E-state index contributed by atoms with van der Waals surface area (Å²) in [5, 5.41) is 6.40. The van der Waals surface area contributed by atoms with Gasteiger partial charge >= 0.3 is 0 Å². The molecule has 17 heavy (non-hydrogen) atoms. The highest BCUT2D eigenvalue weighted by atomic mass is 16.5. The van der Waals surface area contributed by atoms with Crippen LogP contribution in [0.4, 0.5) is 0 Å². The molecule has 1 amide bonds. The van der Waals surface area contributed by atoms with Crippen molar-refractivity contribution in [1.29, 1.82) is 0 Å². The molecular formula is C12H13N3O2. The number of carbonyl (C=O) groups is 1. The highest BCUT2D eigenvalue weighted by molar-refractivity contribution is 5.91. The van der Waals surface area contributed by atoms with Gasteiger partial charge in [0.1, 0.15) is 0 Å². The summed E-state index contributed by atoms with van der Waals surface area (Å²) in [5.74, 6) is -0.00921. The van der Waals surface area contributed by atoms with Gasteiger partial charge in [-0.05, 0) is 19.1 Å². The molecule has 0 unspecified atom stereocenters. The molecular weight excluding hydrogens is 218 g/mol. The number of hydrogen-bond donors (Lipinski definition) is 1. The van der Waals surface area contributed by atoms with Crippen LogP contribution in [0.2, 0.25) is 0 Å². The minimum Gasteiger partial charge on any atom is -0.351 e. The first-order valence-corrected chi connectivity index (χ1v) is 5.37. The Hall–Kier alpha value is -2.17. The van der Waals surface area contributed by atoms with Crippen LogP contribution in [0.15, 0.2) is 35.0 Å². The Labute approximate surface area is 98.8 Å². The molecule has 0 atom stereocenters. The monoisotopic (exact) mass is 231 g/mol. The lowest BCUT2D eigenvalue weighted by molar-refractivity contribution is 0.0917. The fourth-order valence-electron chi connectivity index (χ4n) is 1.41. The van der Waals surface area contributed by atoms with Gasteiger partial charge in [-0.1, -0.05) is 11.2 Å². The zero-order chi connectivity index (χ0) is 12.1. The molecule has 2 aromatic rings. The molecule has 0 saturated heterocycles. The Kier molecular flexibility index (Phi) is 3.49. The van der Waals surface area contributed by atoms with Crippen molar-refractivity contribution < 1.29 is 9.32 Å². The van der Waals surface area contributed by atoms with Crippen LogP contribution in [0.5, 0.6) is 0 Å². The summed E-state index contributed by atoms with van der Waals surface area (Å²) in [5.41, 5.74) is 1.64. The van der Waals surface area contributed by atoms with E-state index in [1.165, 1.54) is 0 Å². The number of pyridine rings is 1. The minimum absolute atomic E-state index is 0.239. The third-order valence-corrected chi connectivity index (χ3v) is 2.24. The molecule has 0 spiro atoms. The first-order chi connectivity index (χ1) is 8.25. The molecule has 0 radical (unpaired) electrons. The topological polar surface area (TPSA) is 68.0 Å². The summed E-state index contributed by atoms with van der Waals surface area (Å²) < 4.78 is 4.85. The highest BCUT2D eigenvalue weighted by Crippen LogP contribution is 2.01. The Morgan fingerprint density at radius 3 is 3.00 bits per heavy atom. The van der Waals surface area contributed by atoms with Gasteiger partial charge in [-0.3, -0.25) is 9.78 Å². The summed E-state index contributed by atoms with van der Waals surface area (Å²) >= 11 is 0. The molecule has 2 rings (SSSR count). The van der Waals surface area contributed by atoms with Crippen molar-refractivity contribution in [2.75, 3.05) is 6.54 Å². The van der Waals surface area contributed by atoms with Crippen molar-refractivity contribution in [3.63, 3.8) is 0 Å². The van der Waals surface area contributed by atoms with E-state index in [0.717, 1.165) is 5.69 Å². The van der Waals surface area contributed by atoms with E-state index in [0.29, 0.717) is 18.7 Å². The number of rotatable bonds is 4. The molecule has 0 aliphatic rings. The summed E-state index contributed by atoms with van der Waals surface area (Å²) in [6.45, 7) is 2.30. The summed E-state index contributed by atoms with van der Waals surface area (Å²) in [6, 6.07) is 7.31. The van der Waals surface area contributed by atoms with Crippen molar-refractivity contribution >= 4 is 5.91 Å². The standard InChI is InChI=1S/C12H13N3O2/c1-9-8-11(17-15-9)12(16)14-7-5-10-4-2-3-6-13-10/h2-4,6,8H,5,7H2,1H3,(H,14,16). The van der Waals surface area contributed by atoms with Gasteiger partial charge in [0, 0.05) is 30.9 Å². The van der Waals surface area contributed by atoms with E-state index >= 15 is 0 Å². The van der Waals surface area contributed by atoms with E-state index in [-0.39, 0.29) is 11.7 Å². The van der Waals surface area contributed by atoms with Gasteiger partial charge in [0.25, 0.3) is 5.91 Å². The minimum atomic E-state index is -0.249. The Morgan fingerprint density at radius 1 is 1.47 bits per heavy atom. The van der Waals surface area contributed by atoms with Crippen LogP contribution in [0.1, 0.15) is 21.9 Å². The zero-order valence-electron chi connectivity index (χ0n) is 9.51. The maximum absolute atomic E-state index is 11.6. The van der Waals surface area contributed by atoms with Crippen molar-refractivity contribution in [2.45, 2.75) is 13.3 Å². The predicted octanol–water partition coefficient (Wildman–Crippen LogP) is 1.35. The lowest BCUT2D eigenvalue weighted by Gasteiger charge is -2.01. The fourth-order valence-corrected chi connectivity index (χ4v) is 1.41. The van der Waals surface area contributed by atoms with E-state index in [1.54, 1.807) is 19.2 Å². The maximum atomic E-state index is 11.6. The Morgan fingerprint density at radius 2 is 2.35 bits per heavy atom. The smallest absolute Gasteiger partial charge is 0.289 e. The predicted molar refractivity (Wildman–Crippen MR) is 61.5 cm³/mol. The number of carbonyl (C=O) groups excluding carboxylic acids is 1. The first-order valence-electron chi connectivity index (χ1n) is 5.37. The van der Waals surface area contributed by atoms with Gasteiger partial charge in [-0.25, -0.2) is 0 Å². The van der Waals surface area contributed by atoms with Crippen LogP contribution in [-0.2, 0) is 6.42 Å². The maximum Gasteiger partial charge on any atom is 0.289 e.